The van der Waals surface area contributed by atoms with Crippen molar-refractivity contribution in [1.29, 1.82) is 0 Å². The number of hydrogen-bond acceptors (Lipinski definition) is 2. The predicted molar refractivity (Wildman–Crippen MR) is 71.5 cm³/mol. The van der Waals surface area contributed by atoms with E-state index in [0.29, 0.717) is 6.04 Å². The van der Waals surface area contributed by atoms with E-state index in [9.17, 15) is 0 Å². The van der Waals surface area contributed by atoms with Crippen LogP contribution in [-0.2, 0) is 0 Å². The van der Waals surface area contributed by atoms with Crippen LogP contribution < -0.4 is 5.32 Å². The lowest BCUT2D eigenvalue weighted by Gasteiger charge is -2.35. The Morgan fingerprint density at radius 3 is 2.50 bits per heavy atom. The molecule has 3 heteroatoms. The third-order valence-corrected chi connectivity index (χ3v) is 4.07. The Kier molecular flexibility index (Phi) is 3.85. The van der Waals surface area contributed by atoms with Gasteiger partial charge in [-0.15, -0.1) is 0 Å². The summed E-state index contributed by atoms with van der Waals surface area (Å²) in [7, 11) is 0. The Bertz CT molecular complexity index is 326. The lowest BCUT2D eigenvalue weighted by molar-refractivity contribution is 0.268. The van der Waals surface area contributed by atoms with Crippen LogP contribution in [0.1, 0.15) is 33.1 Å². The van der Waals surface area contributed by atoms with E-state index >= 15 is 0 Å². The number of aromatic nitrogens is 1. The maximum Gasteiger partial charge on any atom is 0.106 e. The highest BCUT2D eigenvalue weighted by molar-refractivity contribution is 9.10. The first-order valence-electron chi connectivity index (χ1n) is 6.05. The molecule has 0 saturated heterocycles. The summed E-state index contributed by atoms with van der Waals surface area (Å²) in [5.41, 5.74) is 1.13. The number of halogens is 1. The van der Waals surface area contributed by atoms with E-state index in [4.69, 9.17) is 0 Å². The Labute approximate surface area is 106 Å². The molecule has 16 heavy (non-hydrogen) atoms. The molecule has 1 aliphatic rings. The second kappa shape index (κ2) is 5.17. The van der Waals surface area contributed by atoms with Gasteiger partial charge in [-0.05, 0) is 52.7 Å². The molecule has 0 aliphatic heterocycles. The Morgan fingerprint density at radius 2 is 1.94 bits per heavy atom. The third kappa shape index (κ3) is 2.76. The molecule has 0 aromatic carbocycles. The largest absolute Gasteiger partial charge is 0.381 e. The molecule has 1 aromatic rings. The van der Waals surface area contributed by atoms with Crippen molar-refractivity contribution in [2.24, 2.45) is 11.8 Å². The summed E-state index contributed by atoms with van der Waals surface area (Å²) in [6, 6.07) is 4.67. The standard InChI is InChI=1S/C13H19BrN2/c1-9-4-3-5-10(2)13(9)16-11-6-7-12(14)15-8-11/h6-10,13,16H,3-5H2,1-2H3. The quantitative estimate of drug-likeness (QED) is 0.827. The molecule has 1 heterocycles. The van der Waals surface area contributed by atoms with Crippen molar-refractivity contribution >= 4 is 21.6 Å². The molecule has 2 rings (SSSR count). The van der Waals surface area contributed by atoms with E-state index in [1.807, 2.05) is 12.3 Å². The Balaban J connectivity index is 2.04. The van der Waals surface area contributed by atoms with E-state index in [-0.39, 0.29) is 0 Å². The first-order chi connectivity index (χ1) is 7.66. The fourth-order valence-corrected chi connectivity index (χ4v) is 2.85. The number of nitrogens with zero attached hydrogens (tertiary/aromatic N) is 1. The fourth-order valence-electron chi connectivity index (χ4n) is 2.62. The zero-order chi connectivity index (χ0) is 11.5. The van der Waals surface area contributed by atoms with Crippen LogP contribution in [0.3, 0.4) is 0 Å². The normalized spacial score (nSPS) is 30.1. The van der Waals surface area contributed by atoms with Gasteiger partial charge in [-0.25, -0.2) is 4.98 Å². The van der Waals surface area contributed by atoms with Crippen LogP contribution in [0, 0.1) is 11.8 Å². The molecule has 1 fully saturated rings. The van der Waals surface area contributed by atoms with Gasteiger partial charge in [0.1, 0.15) is 4.60 Å². The van der Waals surface area contributed by atoms with Crippen molar-refractivity contribution in [3.63, 3.8) is 0 Å². The van der Waals surface area contributed by atoms with Gasteiger partial charge in [0.05, 0.1) is 11.9 Å². The van der Waals surface area contributed by atoms with Crippen LogP contribution in [-0.4, -0.2) is 11.0 Å². The van der Waals surface area contributed by atoms with Gasteiger partial charge in [0, 0.05) is 6.04 Å². The molecule has 1 aromatic heterocycles. The molecule has 0 amide bonds. The molecule has 1 N–H and O–H groups in total. The maximum absolute atomic E-state index is 4.25. The van der Waals surface area contributed by atoms with Crippen molar-refractivity contribution < 1.29 is 0 Å². The molecular formula is C13H19BrN2. The molecule has 2 atom stereocenters. The average Bonchev–Trinajstić information content (AvgIpc) is 2.26. The predicted octanol–water partition coefficient (Wildman–Crippen LogP) is 4.08. The van der Waals surface area contributed by atoms with Gasteiger partial charge < -0.3 is 5.32 Å². The molecule has 88 valence electrons. The Morgan fingerprint density at radius 1 is 1.25 bits per heavy atom. The molecular weight excluding hydrogens is 264 g/mol. The molecule has 1 saturated carbocycles. The van der Waals surface area contributed by atoms with Crippen LogP contribution in [0.5, 0.6) is 0 Å². The first kappa shape index (κ1) is 11.9. The van der Waals surface area contributed by atoms with E-state index in [1.54, 1.807) is 0 Å². The summed E-state index contributed by atoms with van der Waals surface area (Å²) in [5.74, 6) is 1.51. The number of hydrogen-bond donors (Lipinski definition) is 1. The smallest absolute Gasteiger partial charge is 0.106 e. The van der Waals surface area contributed by atoms with Gasteiger partial charge in [0.2, 0.25) is 0 Å². The van der Waals surface area contributed by atoms with Crippen LogP contribution in [0.4, 0.5) is 5.69 Å². The first-order valence-corrected chi connectivity index (χ1v) is 6.84. The van der Waals surface area contributed by atoms with Crippen LogP contribution >= 0.6 is 15.9 Å². The van der Waals surface area contributed by atoms with Gasteiger partial charge >= 0.3 is 0 Å². The Hall–Kier alpha value is -0.570. The monoisotopic (exact) mass is 282 g/mol. The highest BCUT2D eigenvalue weighted by atomic mass is 79.9. The summed E-state index contributed by atoms with van der Waals surface area (Å²) in [4.78, 5) is 4.25. The zero-order valence-corrected chi connectivity index (χ0v) is 11.5. The van der Waals surface area contributed by atoms with E-state index in [2.05, 4.69) is 46.1 Å². The van der Waals surface area contributed by atoms with Crippen molar-refractivity contribution in [1.82, 2.24) is 4.98 Å². The van der Waals surface area contributed by atoms with Crippen LogP contribution in [0.2, 0.25) is 0 Å². The minimum Gasteiger partial charge on any atom is -0.381 e. The summed E-state index contributed by atoms with van der Waals surface area (Å²) in [5, 5.41) is 3.62. The molecule has 2 nitrogen and oxygen atoms in total. The second-order valence-electron chi connectivity index (χ2n) is 4.93. The zero-order valence-electron chi connectivity index (χ0n) is 9.91. The molecule has 1 aliphatic carbocycles. The van der Waals surface area contributed by atoms with Crippen LogP contribution in [0.15, 0.2) is 22.9 Å². The SMILES string of the molecule is CC1CCCC(C)C1Nc1ccc(Br)nc1. The van der Waals surface area contributed by atoms with E-state index in [0.717, 1.165) is 22.1 Å². The lowest BCUT2D eigenvalue weighted by Crippen LogP contribution is -2.37. The van der Waals surface area contributed by atoms with Crippen molar-refractivity contribution in [3.8, 4) is 0 Å². The van der Waals surface area contributed by atoms with E-state index < -0.39 is 0 Å². The van der Waals surface area contributed by atoms with Gasteiger partial charge in [0.25, 0.3) is 0 Å². The topological polar surface area (TPSA) is 24.9 Å². The minimum absolute atomic E-state index is 0.594. The molecule has 2 unspecified atom stereocenters. The van der Waals surface area contributed by atoms with Gasteiger partial charge in [-0.3, -0.25) is 0 Å². The summed E-state index contributed by atoms with van der Waals surface area (Å²) in [6.07, 6.45) is 5.95. The number of pyridine rings is 1. The molecule has 0 bridgehead atoms. The summed E-state index contributed by atoms with van der Waals surface area (Å²) < 4.78 is 0.891. The average molecular weight is 283 g/mol. The lowest BCUT2D eigenvalue weighted by atomic mass is 9.78. The molecule has 0 spiro atoms. The second-order valence-corrected chi connectivity index (χ2v) is 5.74. The summed E-state index contributed by atoms with van der Waals surface area (Å²) >= 11 is 3.36. The van der Waals surface area contributed by atoms with E-state index in [1.165, 1.54) is 19.3 Å². The van der Waals surface area contributed by atoms with Crippen molar-refractivity contribution in [2.75, 3.05) is 5.32 Å². The minimum atomic E-state index is 0.594. The van der Waals surface area contributed by atoms with Gasteiger partial charge in [-0.1, -0.05) is 20.3 Å². The highest BCUT2D eigenvalue weighted by Crippen LogP contribution is 2.31. The maximum atomic E-state index is 4.25. The van der Waals surface area contributed by atoms with Crippen molar-refractivity contribution in [3.05, 3.63) is 22.9 Å². The van der Waals surface area contributed by atoms with Crippen molar-refractivity contribution in [2.45, 2.75) is 39.2 Å². The molecule has 0 radical (unpaired) electrons. The number of nitrogens with one attached hydrogen (secondary N) is 1. The van der Waals surface area contributed by atoms with Crippen LogP contribution in [0.25, 0.3) is 0 Å². The number of anilines is 1. The number of rotatable bonds is 2. The van der Waals surface area contributed by atoms with Gasteiger partial charge in [-0.2, -0.15) is 0 Å². The fraction of sp³-hybridized carbons (Fsp3) is 0.615. The third-order valence-electron chi connectivity index (χ3n) is 3.61. The summed E-state index contributed by atoms with van der Waals surface area (Å²) in [6.45, 7) is 4.69. The highest BCUT2D eigenvalue weighted by Gasteiger charge is 2.27. The van der Waals surface area contributed by atoms with Gasteiger partial charge in [0.15, 0.2) is 0 Å².